The molecular weight excluding hydrogens is 386 g/mol. The van der Waals surface area contributed by atoms with Gasteiger partial charge >= 0.3 is 6.03 Å². The highest BCUT2D eigenvalue weighted by Gasteiger charge is 2.52. The Bertz CT molecular complexity index is 1060. The van der Waals surface area contributed by atoms with Gasteiger partial charge < -0.3 is 10.6 Å². The number of amides is 4. The molecule has 2 aromatic rings. The number of urea groups is 1. The van der Waals surface area contributed by atoms with Gasteiger partial charge in [-0.05, 0) is 31.9 Å². The molecule has 2 fully saturated rings. The molecule has 158 valence electrons. The highest BCUT2D eigenvalue weighted by atomic mass is 16.2. The molecule has 9 nitrogen and oxygen atoms in total. The number of rotatable bonds is 5. The second kappa shape index (κ2) is 7.47. The molecule has 4 amide bonds. The Morgan fingerprint density at radius 3 is 2.47 bits per heavy atom. The molecule has 2 N–H and O–H groups in total. The van der Waals surface area contributed by atoms with Crippen LogP contribution in [0, 0.1) is 6.92 Å². The maximum atomic E-state index is 12.9. The summed E-state index contributed by atoms with van der Waals surface area (Å²) in [6, 6.07) is 8.69. The zero-order valence-electron chi connectivity index (χ0n) is 17.1. The van der Waals surface area contributed by atoms with E-state index in [0.717, 1.165) is 17.7 Å². The van der Waals surface area contributed by atoms with Crippen molar-refractivity contribution < 1.29 is 14.4 Å². The molecular formula is C21H25N5O4. The lowest BCUT2D eigenvalue weighted by molar-refractivity contribution is -0.131. The maximum Gasteiger partial charge on any atom is 0.325 e. The minimum absolute atomic E-state index is 0.0169. The van der Waals surface area contributed by atoms with Crippen molar-refractivity contribution in [1.29, 1.82) is 0 Å². The Morgan fingerprint density at radius 1 is 1.13 bits per heavy atom. The summed E-state index contributed by atoms with van der Waals surface area (Å²) in [7, 11) is 1.74. The summed E-state index contributed by atoms with van der Waals surface area (Å²) in [4.78, 5) is 51.4. The number of imide groups is 1. The molecule has 2 aliphatic rings. The third-order valence-corrected chi connectivity index (χ3v) is 6.08. The molecule has 1 aliphatic heterocycles. The third-order valence-electron chi connectivity index (χ3n) is 6.08. The number of para-hydroxylation sites is 1. The van der Waals surface area contributed by atoms with Crippen molar-refractivity contribution in [2.45, 2.75) is 44.6 Å². The van der Waals surface area contributed by atoms with Crippen LogP contribution in [0.3, 0.4) is 0 Å². The van der Waals surface area contributed by atoms with E-state index in [1.165, 1.54) is 4.68 Å². The van der Waals surface area contributed by atoms with Crippen LogP contribution >= 0.6 is 0 Å². The summed E-state index contributed by atoms with van der Waals surface area (Å²) in [5.41, 5.74) is 0.365. The first-order valence-corrected chi connectivity index (χ1v) is 10.1. The smallest absolute Gasteiger partial charge is 0.323 e. The minimum atomic E-state index is -0.785. The number of anilines is 1. The van der Waals surface area contributed by atoms with Gasteiger partial charge in [0.1, 0.15) is 11.2 Å². The molecule has 1 saturated heterocycles. The molecule has 0 bridgehead atoms. The van der Waals surface area contributed by atoms with Crippen LogP contribution in [0.2, 0.25) is 0 Å². The molecule has 0 unspecified atom stereocenters. The first kappa shape index (κ1) is 19.9. The molecule has 30 heavy (non-hydrogen) atoms. The predicted octanol–water partition coefficient (Wildman–Crippen LogP) is 1.68. The fraction of sp³-hybridized carbons (Fsp3) is 0.429. The number of hydrogen-bond donors (Lipinski definition) is 2. The Labute approximate surface area is 173 Å². The summed E-state index contributed by atoms with van der Waals surface area (Å²) in [5.74, 6) is -0.672. The third kappa shape index (κ3) is 3.20. The summed E-state index contributed by atoms with van der Waals surface area (Å²) < 4.78 is 3.15. The molecule has 1 aromatic heterocycles. The van der Waals surface area contributed by atoms with E-state index >= 15 is 0 Å². The number of carbonyl (C=O) groups excluding carboxylic acids is 3. The number of carbonyl (C=O) groups is 3. The Balaban J connectivity index is 1.46. The van der Waals surface area contributed by atoms with Crippen molar-refractivity contribution in [2.75, 3.05) is 11.9 Å². The molecule has 1 spiro atoms. The van der Waals surface area contributed by atoms with Crippen LogP contribution in [-0.4, -0.2) is 44.2 Å². The number of aromatic nitrogens is 2. The van der Waals surface area contributed by atoms with Crippen molar-refractivity contribution in [3.63, 3.8) is 0 Å². The van der Waals surface area contributed by atoms with Crippen LogP contribution in [0.4, 0.5) is 10.5 Å². The lowest BCUT2D eigenvalue weighted by atomic mass is 9.98. The van der Waals surface area contributed by atoms with Gasteiger partial charge in [-0.3, -0.25) is 24.0 Å². The van der Waals surface area contributed by atoms with Crippen molar-refractivity contribution in [3.8, 4) is 5.69 Å². The van der Waals surface area contributed by atoms with Gasteiger partial charge in [-0.2, -0.15) is 0 Å². The molecule has 1 saturated carbocycles. The SMILES string of the molecule is Cc1c(NC(=O)CCN2C(=O)NC3(CCCC3)C2=O)c(=O)n(-c2ccccc2)n1C. The molecule has 1 aromatic carbocycles. The predicted molar refractivity (Wildman–Crippen MR) is 110 cm³/mol. The molecule has 0 radical (unpaired) electrons. The first-order chi connectivity index (χ1) is 14.3. The largest absolute Gasteiger partial charge is 0.325 e. The van der Waals surface area contributed by atoms with Crippen LogP contribution in [0.25, 0.3) is 5.69 Å². The van der Waals surface area contributed by atoms with Crippen LogP contribution in [0.1, 0.15) is 37.8 Å². The number of benzene rings is 1. The van der Waals surface area contributed by atoms with E-state index in [1.807, 2.05) is 30.3 Å². The van der Waals surface area contributed by atoms with Crippen molar-refractivity contribution >= 4 is 23.5 Å². The van der Waals surface area contributed by atoms with E-state index in [1.54, 1.807) is 18.7 Å². The molecule has 0 atom stereocenters. The van der Waals surface area contributed by atoms with Crippen LogP contribution in [-0.2, 0) is 16.6 Å². The van der Waals surface area contributed by atoms with Crippen molar-refractivity contribution in [3.05, 3.63) is 46.4 Å². The van der Waals surface area contributed by atoms with Crippen molar-refractivity contribution in [1.82, 2.24) is 19.6 Å². The van der Waals surface area contributed by atoms with E-state index in [-0.39, 0.29) is 30.1 Å². The van der Waals surface area contributed by atoms with E-state index in [2.05, 4.69) is 10.6 Å². The summed E-state index contributed by atoms with van der Waals surface area (Å²) >= 11 is 0. The van der Waals surface area contributed by atoms with E-state index in [0.29, 0.717) is 24.2 Å². The number of nitrogens with one attached hydrogen (secondary N) is 2. The average Bonchev–Trinajstić information content (AvgIpc) is 3.35. The van der Waals surface area contributed by atoms with Crippen molar-refractivity contribution in [2.24, 2.45) is 7.05 Å². The van der Waals surface area contributed by atoms with Gasteiger partial charge in [-0.1, -0.05) is 31.0 Å². The Hall–Kier alpha value is -3.36. The van der Waals surface area contributed by atoms with Gasteiger partial charge in [0.15, 0.2) is 0 Å². The standard InChI is InChI=1S/C21H25N5O4/c1-14-17(18(28)26(24(14)2)15-8-4-3-5-9-15)22-16(27)10-13-25-19(29)21(23-20(25)30)11-6-7-12-21/h3-5,8-9H,6-7,10-13H2,1-2H3,(H,22,27)(H,23,30). The van der Waals surface area contributed by atoms with Gasteiger partial charge in [0.05, 0.1) is 11.4 Å². The van der Waals surface area contributed by atoms with Crippen LogP contribution < -0.4 is 16.2 Å². The highest BCUT2D eigenvalue weighted by molar-refractivity contribution is 6.07. The number of hydrogen-bond acceptors (Lipinski definition) is 4. The fourth-order valence-electron chi connectivity index (χ4n) is 4.32. The van der Waals surface area contributed by atoms with Crippen LogP contribution in [0.15, 0.2) is 35.1 Å². The topological polar surface area (TPSA) is 105 Å². The second-order valence-corrected chi connectivity index (χ2v) is 7.91. The van der Waals surface area contributed by atoms with E-state index in [9.17, 15) is 19.2 Å². The minimum Gasteiger partial charge on any atom is -0.323 e. The second-order valence-electron chi connectivity index (χ2n) is 7.91. The molecule has 4 rings (SSSR count). The summed E-state index contributed by atoms with van der Waals surface area (Å²) in [5, 5.41) is 5.46. The van der Waals surface area contributed by atoms with Crippen LogP contribution in [0.5, 0.6) is 0 Å². The zero-order valence-corrected chi connectivity index (χ0v) is 17.1. The van der Waals surface area contributed by atoms with Gasteiger partial charge in [-0.25, -0.2) is 9.48 Å². The molecule has 2 heterocycles. The zero-order chi connectivity index (χ0) is 21.5. The normalized spacial score (nSPS) is 17.6. The average molecular weight is 411 g/mol. The Morgan fingerprint density at radius 2 is 1.80 bits per heavy atom. The fourth-order valence-corrected chi connectivity index (χ4v) is 4.32. The van der Waals surface area contributed by atoms with Gasteiger partial charge in [0.2, 0.25) is 5.91 Å². The van der Waals surface area contributed by atoms with Gasteiger partial charge in [-0.15, -0.1) is 0 Å². The lowest BCUT2D eigenvalue weighted by Crippen LogP contribution is -2.44. The monoisotopic (exact) mass is 411 g/mol. The van der Waals surface area contributed by atoms with E-state index in [4.69, 9.17) is 0 Å². The Kier molecular flexibility index (Phi) is 4.97. The van der Waals surface area contributed by atoms with Gasteiger partial charge in [0.25, 0.3) is 11.5 Å². The van der Waals surface area contributed by atoms with Gasteiger partial charge in [0, 0.05) is 20.0 Å². The molecule has 1 aliphatic carbocycles. The first-order valence-electron chi connectivity index (χ1n) is 10.1. The number of nitrogens with zero attached hydrogens (tertiary/aromatic N) is 3. The summed E-state index contributed by atoms with van der Waals surface area (Å²) in [6.45, 7) is 1.73. The maximum absolute atomic E-state index is 12.9. The quantitative estimate of drug-likeness (QED) is 0.730. The van der Waals surface area contributed by atoms with E-state index < -0.39 is 17.5 Å². The summed E-state index contributed by atoms with van der Waals surface area (Å²) in [6.07, 6.45) is 3.02. The molecule has 9 heteroatoms. The highest BCUT2D eigenvalue weighted by Crippen LogP contribution is 2.35. The lowest BCUT2D eigenvalue weighted by Gasteiger charge is -2.19.